The highest BCUT2D eigenvalue weighted by molar-refractivity contribution is 6.30. The number of hydrogen-bond acceptors (Lipinski definition) is 3. The lowest BCUT2D eigenvalue weighted by molar-refractivity contribution is 0.0938. The summed E-state index contributed by atoms with van der Waals surface area (Å²) in [5.41, 5.74) is 1.33. The normalized spacial score (nSPS) is 21.8. The number of fused-ring (bicyclic) bond motifs is 1. The average Bonchev–Trinajstić information content (AvgIpc) is 2.53. The number of hydrogen-bond donors (Lipinski definition) is 1. The number of rotatable bonds is 4. The Bertz CT molecular complexity index is 724. The van der Waals surface area contributed by atoms with Crippen LogP contribution in [0.4, 0.5) is 0 Å². The molecule has 2 unspecified atom stereocenters. The molecule has 1 aromatic heterocycles. The number of pyridine rings is 1. The summed E-state index contributed by atoms with van der Waals surface area (Å²) >= 11 is 6.06. The minimum absolute atomic E-state index is 0.0893. The number of piperidine rings is 1. The number of aromatic nitrogens is 1. The largest absolute Gasteiger partial charge is 0.351 e. The van der Waals surface area contributed by atoms with E-state index in [9.17, 15) is 4.79 Å². The van der Waals surface area contributed by atoms with Crippen LogP contribution in [0.3, 0.4) is 0 Å². The summed E-state index contributed by atoms with van der Waals surface area (Å²) < 4.78 is 0. The van der Waals surface area contributed by atoms with Crippen molar-refractivity contribution in [1.82, 2.24) is 15.2 Å². The van der Waals surface area contributed by atoms with E-state index in [1.807, 2.05) is 24.3 Å². The van der Waals surface area contributed by atoms with Gasteiger partial charge in [0.1, 0.15) is 5.15 Å². The molecule has 1 amide bonds. The molecule has 128 valence electrons. The van der Waals surface area contributed by atoms with Gasteiger partial charge in [-0.25, -0.2) is 4.98 Å². The predicted octanol–water partition coefficient (Wildman–Crippen LogP) is 3.60. The first-order chi connectivity index (χ1) is 11.5. The Kier molecular flexibility index (Phi) is 5.36. The third-order valence-electron chi connectivity index (χ3n) is 4.59. The van der Waals surface area contributed by atoms with E-state index in [4.69, 9.17) is 11.6 Å². The number of carbonyl (C=O) groups excluding carboxylic acids is 1. The quantitative estimate of drug-likeness (QED) is 0.861. The summed E-state index contributed by atoms with van der Waals surface area (Å²) in [6, 6.07) is 9.22. The Hall–Kier alpha value is -1.65. The van der Waals surface area contributed by atoms with E-state index in [0.29, 0.717) is 17.3 Å². The van der Waals surface area contributed by atoms with E-state index in [1.165, 1.54) is 6.42 Å². The van der Waals surface area contributed by atoms with Gasteiger partial charge < -0.3 is 10.2 Å². The van der Waals surface area contributed by atoms with Crippen LogP contribution in [-0.2, 0) is 0 Å². The van der Waals surface area contributed by atoms with Crippen molar-refractivity contribution in [1.29, 1.82) is 0 Å². The molecular weight excluding hydrogens is 322 g/mol. The summed E-state index contributed by atoms with van der Waals surface area (Å²) in [5, 5.41) is 4.21. The molecule has 2 heterocycles. The van der Waals surface area contributed by atoms with Crippen LogP contribution in [0.2, 0.25) is 5.15 Å². The third kappa shape index (κ3) is 4.05. The molecule has 5 heteroatoms. The number of para-hydroxylation sites is 1. The second-order valence-corrected chi connectivity index (χ2v) is 7.36. The van der Waals surface area contributed by atoms with Crippen LogP contribution in [0.1, 0.15) is 30.6 Å². The van der Waals surface area contributed by atoms with Gasteiger partial charge in [-0.2, -0.15) is 0 Å². The fourth-order valence-corrected chi connectivity index (χ4v) is 3.93. The minimum Gasteiger partial charge on any atom is -0.351 e. The molecule has 1 N–H and O–H groups in total. The molecule has 1 fully saturated rings. The minimum atomic E-state index is -0.0893. The molecule has 1 aromatic carbocycles. The van der Waals surface area contributed by atoms with Gasteiger partial charge in [0.05, 0.1) is 11.1 Å². The summed E-state index contributed by atoms with van der Waals surface area (Å²) in [6.45, 7) is 8.36. The fraction of sp³-hybridized carbons (Fsp3) is 0.474. The molecule has 2 atom stereocenters. The molecule has 0 aliphatic carbocycles. The van der Waals surface area contributed by atoms with Gasteiger partial charge >= 0.3 is 0 Å². The summed E-state index contributed by atoms with van der Waals surface area (Å²) in [4.78, 5) is 19.3. The molecule has 1 aliphatic rings. The standard InChI is InChI=1S/C19H24ClN3O/c1-13-9-14(2)12-23(11-13)8-7-21-19(24)16-10-18(20)22-17-6-4-3-5-15(16)17/h3-6,10,13-14H,7-9,11-12H2,1-2H3,(H,21,24). The van der Waals surface area contributed by atoms with Gasteiger partial charge in [0.2, 0.25) is 0 Å². The number of nitrogens with one attached hydrogen (secondary N) is 1. The van der Waals surface area contributed by atoms with E-state index >= 15 is 0 Å². The van der Waals surface area contributed by atoms with E-state index in [-0.39, 0.29) is 5.91 Å². The maximum atomic E-state index is 12.6. The van der Waals surface area contributed by atoms with Crippen LogP contribution in [0.15, 0.2) is 30.3 Å². The van der Waals surface area contributed by atoms with Crippen molar-refractivity contribution in [3.05, 3.63) is 41.0 Å². The smallest absolute Gasteiger partial charge is 0.252 e. The van der Waals surface area contributed by atoms with Gasteiger partial charge in [0.25, 0.3) is 5.91 Å². The zero-order chi connectivity index (χ0) is 17.1. The summed E-state index contributed by atoms with van der Waals surface area (Å²) in [5.74, 6) is 1.37. The zero-order valence-electron chi connectivity index (χ0n) is 14.3. The predicted molar refractivity (Wildman–Crippen MR) is 98.5 cm³/mol. The van der Waals surface area contributed by atoms with Crippen molar-refractivity contribution < 1.29 is 4.79 Å². The highest BCUT2D eigenvalue weighted by Crippen LogP contribution is 2.21. The number of likely N-dealkylation sites (tertiary alicyclic amines) is 1. The molecule has 4 nitrogen and oxygen atoms in total. The first-order valence-corrected chi connectivity index (χ1v) is 8.96. The Morgan fingerprint density at radius 2 is 2.00 bits per heavy atom. The Morgan fingerprint density at radius 3 is 2.75 bits per heavy atom. The van der Waals surface area contributed by atoms with E-state index < -0.39 is 0 Å². The second kappa shape index (κ2) is 7.49. The topological polar surface area (TPSA) is 45.2 Å². The number of amides is 1. The van der Waals surface area contributed by atoms with Crippen molar-refractivity contribution in [2.24, 2.45) is 11.8 Å². The highest BCUT2D eigenvalue weighted by Gasteiger charge is 2.21. The molecule has 24 heavy (non-hydrogen) atoms. The maximum absolute atomic E-state index is 12.6. The molecule has 3 rings (SSSR count). The van der Waals surface area contributed by atoms with Crippen molar-refractivity contribution in [2.45, 2.75) is 20.3 Å². The molecule has 1 saturated heterocycles. The molecule has 0 saturated carbocycles. The zero-order valence-corrected chi connectivity index (χ0v) is 15.0. The van der Waals surface area contributed by atoms with E-state index in [1.54, 1.807) is 6.07 Å². The van der Waals surface area contributed by atoms with Crippen LogP contribution in [0, 0.1) is 11.8 Å². The molecule has 2 aromatic rings. The molecule has 0 spiro atoms. The van der Waals surface area contributed by atoms with E-state index in [2.05, 4.69) is 29.0 Å². The van der Waals surface area contributed by atoms with Crippen LogP contribution in [0.5, 0.6) is 0 Å². The van der Waals surface area contributed by atoms with Crippen molar-refractivity contribution in [3.63, 3.8) is 0 Å². The average molecular weight is 346 g/mol. The molecule has 1 aliphatic heterocycles. The number of halogens is 1. The van der Waals surface area contributed by atoms with Gasteiger partial charge in [-0.05, 0) is 30.4 Å². The van der Waals surface area contributed by atoms with Gasteiger partial charge in [-0.15, -0.1) is 0 Å². The highest BCUT2D eigenvalue weighted by atomic mass is 35.5. The first kappa shape index (κ1) is 17.2. The lowest BCUT2D eigenvalue weighted by atomic mass is 9.92. The van der Waals surface area contributed by atoms with Gasteiger partial charge in [-0.1, -0.05) is 43.6 Å². The Balaban J connectivity index is 1.63. The van der Waals surface area contributed by atoms with Crippen LogP contribution >= 0.6 is 11.6 Å². The molecular formula is C19H24ClN3O. The van der Waals surface area contributed by atoms with Gasteiger partial charge in [0, 0.05) is 31.6 Å². The van der Waals surface area contributed by atoms with Gasteiger partial charge in [0.15, 0.2) is 0 Å². The second-order valence-electron chi connectivity index (χ2n) is 6.97. The Labute approximate surface area is 148 Å². The fourth-order valence-electron chi connectivity index (χ4n) is 3.73. The maximum Gasteiger partial charge on any atom is 0.252 e. The van der Waals surface area contributed by atoms with Crippen LogP contribution in [0.25, 0.3) is 10.9 Å². The lowest BCUT2D eigenvalue weighted by Crippen LogP contribution is -2.42. The third-order valence-corrected chi connectivity index (χ3v) is 4.78. The molecule has 0 radical (unpaired) electrons. The summed E-state index contributed by atoms with van der Waals surface area (Å²) in [6.07, 6.45) is 1.30. The van der Waals surface area contributed by atoms with Crippen molar-refractivity contribution in [2.75, 3.05) is 26.2 Å². The number of benzene rings is 1. The number of nitrogens with zero attached hydrogens (tertiary/aromatic N) is 2. The monoisotopic (exact) mass is 345 g/mol. The van der Waals surface area contributed by atoms with Gasteiger partial charge in [-0.3, -0.25) is 4.79 Å². The van der Waals surface area contributed by atoms with E-state index in [0.717, 1.165) is 42.4 Å². The lowest BCUT2D eigenvalue weighted by Gasteiger charge is -2.34. The number of carbonyl (C=O) groups is 1. The SMILES string of the molecule is CC1CC(C)CN(CCNC(=O)c2cc(Cl)nc3ccccc23)C1. The van der Waals surface area contributed by atoms with Crippen molar-refractivity contribution in [3.8, 4) is 0 Å². The van der Waals surface area contributed by atoms with Crippen LogP contribution in [-0.4, -0.2) is 42.0 Å². The molecule has 0 bridgehead atoms. The summed E-state index contributed by atoms with van der Waals surface area (Å²) in [7, 11) is 0. The van der Waals surface area contributed by atoms with Crippen LogP contribution < -0.4 is 5.32 Å². The first-order valence-electron chi connectivity index (χ1n) is 8.58. The Morgan fingerprint density at radius 1 is 1.29 bits per heavy atom. The van der Waals surface area contributed by atoms with Crippen molar-refractivity contribution >= 4 is 28.4 Å².